The van der Waals surface area contributed by atoms with Gasteiger partial charge in [-0.3, -0.25) is 0 Å². The quantitative estimate of drug-likeness (QED) is 0.863. The van der Waals surface area contributed by atoms with Crippen LogP contribution in [-0.4, -0.2) is 12.0 Å². The zero-order valence-corrected chi connectivity index (χ0v) is 9.09. The van der Waals surface area contributed by atoms with Gasteiger partial charge in [-0.25, -0.2) is 9.37 Å². The Labute approximate surface area is 91.8 Å². The molecule has 0 saturated heterocycles. The van der Waals surface area contributed by atoms with E-state index in [2.05, 4.69) is 10.3 Å². The van der Waals surface area contributed by atoms with Crippen molar-refractivity contribution in [1.29, 1.82) is 0 Å². The first kappa shape index (κ1) is 10.3. The molecule has 0 amide bonds. The number of benzene rings is 1. The molecule has 0 spiro atoms. The van der Waals surface area contributed by atoms with E-state index in [1.807, 2.05) is 11.4 Å². The van der Waals surface area contributed by atoms with Crippen LogP contribution in [0.25, 0.3) is 0 Å². The van der Waals surface area contributed by atoms with Crippen LogP contribution in [0.4, 0.5) is 4.39 Å². The highest BCUT2D eigenvalue weighted by molar-refractivity contribution is 7.07. The van der Waals surface area contributed by atoms with Crippen molar-refractivity contribution in [2.45, 2.75) is 6.04 Å². The molecule has 1 aromatic heterocycles. The first-order valence-corrected chi connectivity index (χ1v) is 5.57. The van der Waals surface area contributed by atoms with Gasteiger partial charge in [-0.05, 0) is 13.1 Å². The Balaban J connectivity index is 2.40. The van der Waals surface area contributed by atoms with Crippen molar-refractivity contribution in [2.75, 3.05) is 7.05 Å². The van der Waals surface area contributed by atoms with E-state index in [-0.39, 0.29) is 11.9 Å². The molecule has 1 N–H and O–H groups in total. The molecule has 78 valence electrons. The number of halogens is 1. The molecule has 0 fully saturated rings. The summed E-state index contributed by atoms with van der Waals surface area (Å²) >= 11 is 1.51. The molecule has 0 bridgehead atoms. The lowest BCUT2D eigenvalue weighted by Gasteiger charge is -2.14. The number of nitrogens with zero attached hydrogens (tertiary/aromatic N) is 1. The molecule has 2 rings (SSSR count). The standard InChI is InChI=1S/C11H11FN2S/c1-13-11(10-6-15-7-14-10)8-4-2-3-5-9(8)12/h2-7,11,13H,1H3. The Kier molecular flexibility index (Phi) is 3.08. The molecule has 1 heterocycles. The van der Waals surface area contributed by atoms with Crippen molar-refractivity contribution in [3.8, 4) is 0 Å². The maximum Gasteiger partial charge on any atom is 0.128 e. The summed E-state index contributed by atoms with van der Waals surface area (Å²) < 4.78 is 13.6. The van der Waals surface area contributed by atoms with E-state index in [0.29, 0.717) is 5.56 Å². The van der Waals surface area contributed by atoms with E-state index < -0.39 is 0 Å². The SMILES string of the molecule is CNC(c1cscn1)c1ccccc1F. The predicted octanol–water partition coefficient (Wildman–Crippen LogP) is 2.59. The van der Waals surface area contributed by atoms with Crippen LogP contribution < -0.4 is 5.32 Å². The lowest BCUT2D eigenvalue weighted by atomic mass is 10.0. The first-order valence-electron chi connectivity index (χ1n) is 4.62. The number of hydrogen-bond donors (Lipinski definition) is 1. The maximum atomic E-state index is 13.6. The fraction of sp³-hybridized carbons (Fsp3) is 0.182. The van der Waals surface area contributed by atoms with Crippen LogP contribution in [0.2, 0.25) is 0 Å². The van der Waals surface area contributed by atoms with Gasteiger partial charge in [0.1, 0.15) is 5.82 Å². The van der Waals surface area contributed by atoms with E-state index in [9.17, 15) is 4.39 Å². The third-order valence-electron chi connectivity index (χ3n) is 2.25. The normalized spacial score (nSPS) is 12.7. The molecule has 0 aliphatic heterocycles. The van der Waals surface area contributed by atoms with Crippen LogP contribution in [0.3, 0.4) is 0 Å². The Bertz CT molecular complexity index is 428. The fourth-order valence-electron chi connectivity index (χ4n) is 1.54. The molecule has 0 aliphatic rings. The van der Waals surface area contributed by atoms with E-state index in [1.165, 1.54) is 17.4 Å². The van der Waals surface area contributed by atoms with Crippen LogP contribution in [0.5, 0.6) is 0 Å². The van der Waals surface area contributed by atoms with Gasteiger partial charge in [0.05, 0.1) is 17.2 Å². The number of thiazole rings is 1. The van der Waals surface area contributed by atoms with Gasteiger partial charge in [-0.15, -0.1) is 11.3 Å². The molecule has 0 radical (unpaired) electrons. The highest BCUT2D eigenvalue weighted by Crippen LogP contribution is 2.23. The topological polar surface area (TPSA) is 24.9 Å². The van der Waals surface area contributed by atoms with Gasteiger partial charge in [-0.2, -0.15) is 0 Å². The summed E-state index contributed by atoms with van der Waals surface area (Å²) in [6, 6.07) is 6.58. The third-order valence-corrected chi connectivity index (χ3v) is 2.86. The molecule has 1 atom stereocenters. The maximum absolute atomic E-state index is 13.6. The second-order valence-corrected chi connectivity index (χ2v) is 3.88. The highest BCUT2D eigenvalue weighted by Gasteiger charge is 2.16. The fourth-order valence-corrected chi connectivity index (χ4v) is 2.12. The predicted molar refractivity (Wildman–Crippen MR) is 59.4 cm³/mol. The van der Waals surface area contributed by atoms with Crippen molar-refractivity contribution >= 4 is 11.3 Å². The van der Waals surface area contributed by atoms with E-state index >= 15 is 0 Å². The van der Waals surface area contributed by atoms with E-state index in [0.717, 1.165) is 5.69 Å². The summed E-state index contributed by atoms with van der Waals surface area (Å²) in [7, 11) is 1.80. The molecule has 2 aromatic rings. The van der Waals surface area contributed by atoms with Gasteiger partial charge in [0.15, 0.2) is 0 Å². The van der Waals surface area contributed by atoms with Gasteiger partial charge >= 0.3 is 0 Å². The zero-order valence-electron chi connectivity index (χ0n) is 8.27. The summed E-state index contributed by atoms with van der Waals surface area (Å²) in [6.45, 7) is 0. The minimum absolute atomic E-state index is 0.169. The lowest BCUT2D eigenvalue weighted by molar-refractivity contribution is 0.572. The smallest absolute Gasteiger partial charge is 0.128 e. The zero-order chi connectivity index (χ0) is 10.7. The molecule has 1 aromatic carbocycles. The van der Waals surface area contributed by atoms with Crippen molar-refractivity contribution in [3.05, 3.63) is 52.2 Å². The Hall–Kier alpha value is -1.26. The monoisotopic (exact) mass is 222 g/mol. The van der Waals surface area contributed by atoms with Crippen LogP contribution in [0, 0.1) is 5.82 Å². The van der Waals surface area contributed by atoms with Crippen LogP contribution in [-0.2, 0) is 0 Å². The number of hydrogen-bond acceptors (Lipinski definition) is 3. The minimum Gasteiger partial charge on any atom is -0.308 e. The van der Waals surface area contributed by atoms with Gasteiger partial charge in [0.2, 0.25) is 0 Å². The largest absolute Gasteiger partial charge is 0.308 e. The summed E-state index contributed by atoms with van der Waals surface area (Å²) in [6.07, 6.45) is 0. The van der Waals surface area contributed by atoms with Crippen molar-refractivity contribution in [2.24, 2.45) is 0 Å². The first-order chi connectivity index (χ1) is 7.33. The second-order valence-electron chi connectivity index (χ2n) is 3.16. The number of aromatic nitrogens is 1. The second kappa shape index (κ2) is 4.51. The van der Waals surface area contributed by atoms with Crippen LogP contribution in [0.15, 0.2) is 35.2 Å². The minimum atomic E-state index is -0.204. The average molecular weight is 222 g/mol. The lowest BCUT2D eigenvalue weighted by Crippen LogP contribution is -2.19. The summed E-state index contributed by atoms with van der Waals surface area (Å²) in [5, 5.41) is 4.99. The van der Waals surface area contributed by atoms with Crippen molar-refractivity contribution in [1.82, 2.24) is 10.3 Å². The molecule has 15 heavy (non-hydrogen) atoms. The van der Waals surface area contributed by atoms with Crippen molar-refractivity contribution in [3.63, 3.8) is 0 Å². The van der Waals surface area contributed by atoms with Gasteiger partial charge in [0, 0.05) is 10.9 Å². The van der Waals surface area contributed by atoms with E-state index in [1.54, 1.807) is 24.7 Å². The van der Waals surface area contributed by atoms with Gasteiger partial charge < -0.3 is 5.32 Å². The highest BCUT2D eigenvalue weighted by atomic mass is 32.1. The molecular formula is C11H11FN2S. The van der Waals surface area contributed by atoms with Crippen molar-refractivity contribution < 1.29 is 4.39 Å². The summed E-state index contributed by atoms with van der Waals surface area (Å²) in [5.41, 5.74) is 3.24. The number of rotatable bonds is 3. The summed E-state index contributed by atoms with van der Waals surface area (Å²) in [5.74, 6) is -0.204. The third kappa shape index (κ3) is 2.06. The van der Waals surface area contributed by atoms with E-state index in [4.69, 9.17) is 0 Å². The van der Waals surface area contributed by atoms with Crippen LogP contribution >= 0.6 is 11.3 Å². The van der Waals surface area contributed by atoms with Gasteiger partial charge in [0.25, 0.3) is 0 Å². The molecule has 0 saturated carbocycles. The number of nitrogens with one attached hydrogen (secondary N) is 1. The Morgan fingerprint density at radius 1 is 1.40 bits per heavy atom. The molecule has 2 nitrogen and oxygen atoms in total. The molecule has 4 heteroatoms. The average Bonchev–Trinajstić information content (AvgIpc) is 2.75. The van der Waals surface area contributed by atoms with Gasteiger partial charge in [-0.1, -0.05) is 18.2 Å². The molecular weight excluding hydrogens is 211 g/mol. The van der Waals surface area contributed by atoms with Crippen LogP contribution in [0.1, 0.15) is 17.3 Å². The Morgan fingerprint density at radius 3 is 2.80 bits per heavy atom. The summed E-state index contributed by atoms with van der Waals surface area (Å²) in [4.78, 5) is 4.19. The molecule has 1 unspecified atom stereocenters. The molecule has 0 aliphatic carbocycles. The Morgan fingerprint density at radius 2 is 2.20 bits per heavy atom.